The topological polar surface area (TPSA) is 69.6 Å². The summed E-state index contributed by atoms with van der Waals surface area (Å²) in [5.74, 6) is -0.766. The number of rotatable bonds is 4. The van der Waals surface area contributed by atoms with E-state index in [0.29, 0.717) is 17.2 Å². The van der Waals surface area contributed by atoms with E-state index < -0.39 is 5.97 Å². The van der Waals surface area contributed by atoms with Gasteiger partial charge in [-0.2, -0.15) is 0 Å². The zero-order valence-electron chi connectivity index (χ0n) is 14.2. The molecule has 2 N–H and O–H groups in total. The lowest BCUT2D eigenvalue weighted by atomic mass is 9.99. The summed E-state index contributed by atoms with van der Waals surface area (Å²) in [6.45, 7) is 4.06. The van der Waals surface area contributed by atoms with Gasteiger partial charge >= 0.3 is 5.97 Å². The molecule has 1 heterocycles. The van der Waals surface area contributed by atoms with Crippen LogP contribution in [0.2, 0.25) is 0 Å². The van der Waals surface area contributed by atoms with Crippen molar-refractivity contribution in [3.63, 3.8) is 0 Å². The Balaban J connectivity index is 1.84. The van der Waals surface area contributed by atoms with Crippen molar-refractivity contribution in [2.45, 2.75) is 19.8 Å². The van der Waals surface area contributed by atoms with E-state index in [1.165, 1.54) is 6.42 Å². The summed E-state index contributed by atoms with van der Waals surface area (Å²) in [6.07, 6.45) is 2.31. The van der Waals surface area contributed by atoms with Gasteiger partial charge in [-0.25, -0.2) is 4.79 Å². The molecule has 1 aliphatic heterocycles. The highest BCUT2D eigenvalue weighted by Gasteiger charge is 2.20. The van der Waals surface area contributed by atoms with Crippen molar-refractivity contribution >= 4 is 23.3 Å². The first kappa shape index (κ1) is 17.0. The van der Waals surface area contributed by atoms with E-state index in [-0.39, 0.29) is 11.5 Å². The van der Waals surface area contributed by atoms with Gasteiger partial charge in [0, 0.05) is 24.3 Å². The molecule has 0 aliphatic carbocycles. The van der Waals surface area contributed by atoms with E-state index in [1.54, 1.807) is 36.4 Å². The van der Waals surface area contributed by atoms with Crippen molar-refractivity contribution in [1.29, 1.82) is 0 Å². The first-order valence-electron chi connectivity index (χ1n) is 8.53. The Hall–Kier alpha value is -2.82. The molecule has 0 spiro atoms. The number of nitrogens with zero attached hydrogens (tertiary/aromatic N) is 1. The second kappa shape index (κ2) is 7.38. The number of amides is 1. The number of piperidine rings is 1. The summed E-state index contributed by atoms with van der Waals surface area (Å²) < 4.78 is 0. The number of hydrogen-bond donors (Lipinski definition) is 2. The molecule has 1 saturated heterocycles. The van der Waals surface area contributed by atoms with Crippen molar-refractivity contribution in [1.82, 2.24) is 0 Å². The number of carboxylic acid groups (broad SMARTS) is 1. The predicted molar refractivity (Wildman–Crippen MR) is 98.4 cm³/mol. The predicted octanol–water partition coefficient (Wildman–Crippen LogP) is 3.87. The van der Waals surface area contributed by atoms with Gasteiger partial charge in [0.1, 0.15) is 0 Å². The van der Waals surface area contributed by atoms with Gasteiger partial charge in [-0.15, -0.1) is 0 Å². The molecule has 25 heavy (non-hydrogen) atoms. The zero-order valence-corrected chi connectivity index (χ0v) is 14.2. The normalized spacial score (nSPS) is 17.2. The summed E-state index contributed by atoms with van der Waals surface area (Å²) in [5, 5.41) is 12.3. The van der Waals surface area contributed by atoms with Crippen LogP contribution in [0, 0.1) is 5.92 Å². The fourth-order valence-corrected chi connectivity index (χ4v) is 3.22. The van der Waals surface area contributed by atoms with Crippen LogP contribution < -0.4 is 10.2 Å². The zero-order chi connectivity index (χ0) is 17.8. The third-order valence-electron chi connectivity index (χ3n) is 4.54. The van der Waals surface area contributed by atoms with Gasteiger partial charge in [0.15, 0.2) is 0 Å². The smallest absolute Gasteiger partial charge is 0.337 e. The summed E-state index contributed by atoms with van der Waals surface area (Å²) in [6, 6.07) is 14.0. The molecule has 0 radical (unpaired) electrons. The fraction of sp³-hybridized carbons (Fsp3) is 0.300. The number of aromatic carboxylic acids is 1. The standard InChI is InChI=1S/C20H22N2O3/c1-14-6-5-11-22(13-14)16-9-10-18(17(12-16)20(24)25)21-19(23)15-7-3-2-4-8-15/h2-4,7-10,12,14H,5-6,11,13H2,1H3,(H,21,23)(H,24,25)/t14-/m0/s1. The van der Waals surface area contributed by atoms with Crippen molar-refractivity contribution < 1.29 is 14.7 Å². The highest BCUT2D eigenvalue weighted by molar-refractivity contribution is 6.08. The van der Waals surface area contributed by atoms with Crippen LogP contribution >= 0.6 is 0 Å². The quantitative estimate of drug-likeness (QED) is 0.888. The van der Waals surface area contributed by atoms with Gasteiger partial charge < -0.3 is 15.3 Å². The Bertz CT molecular complexity index is 774. The van der Waals surface area contributed by atoms with Gasteiger partial charge in [-0.05, 0) is 49.1 Å². The number of hydrogen-bond acceptors (Lipinski definition) is 3. The molecular formula is C20H22N2O3. The highest BCUT2D eigenvalue weighted by atomic mass is 16.4. The van der Waals surface area contributed by atoms with Crippen LogP contribution in [-0.2, 0) is 0 Å². The molecule has 0 saturated carbocycles. The molecule has 2 aromatic rings. The van der Waals surface area contributed by atoms with Gasteiger partial charge in [-0.1, -0.05) is 25.1 Å². The Morgan fingerprint density at radius 2 is 1.92 bits per heavy atom. The van der Waals surface area contributed by atoms with Crippen LogP contribution in [-0.4, -0.2) is 30.1 Å². The lowest BCUT2D eigenvalue weighted by Gasteiger charge is -2.33. The molecule has 1 fully saturated rings. The molecule has 0 bridgehead atoms. The Morgan fingerprint density at radius 3 is 2.60 bits per heavy atom. The molecule has 1 aliphatic rings. The molecule has 130 valence electrons. The minimum Gasteiger partial charge on any atom is -0.478 e. The van der Waals surface area contributed by atoms with Crippen molar-refractivity contribution in [2.24, 2.45) is 5.92 Å². The van der Waals surface area contributed by atoms with Crippen molar-refractivity contribution in [2.75, 3.05) is 23.3 Å². The maximum absolute atomic E-state index is 12.3. The van der Waals surface area contributed by atoms with E-state index in [2.05, 4.69) is 17.1 Å². The number of carbonyl (C=O) groups excluding carboxylic acids is 1. The summed E-state index contributed by atoms with van der Waals surface area (Å²) in [4.78, 5) is 26.2. The second-order valence-corrected chi connectivity index (χ2v) is 6.55. The maximum Gasteiger partial charge on any atom is 0.337 e. The molecule has 0 aromatic heterocycles. The molecular weight excluding hydrogens is 316 g/mol. The van der Waals surface area contributed by atoms with Crippen LogP contribution in [0.4, 0.5) is 11.4 Å². The molecule has 0 unspecified atom stereocenters. The van der Waals surface area contributed by atoms with Crippen LogP contribution in [0.3, 0.4) is 0 Å². The van der Waals surface area contributed by atoms with Gasteiger partial charge in [0.25, 0.3) is 5.91 Å². The summed E-state index contributed by atoms with van der Waals surface area (Å²) in [7, 11) is 0. The number of carbonyl (C=O) groups is 2. The average molecular weight is 338 g/mol. The van der Waals surface area contributed by atoms with Crippen LogP contribution in [0.25, 0.3) is 0 Å². The summed E-state index contributed by atoms with van der Waals surface area (Å²) >= 11 is 0. The molecule has 5 heteroatoms. The van der Waals surface area contributed by atoms with E-state index in [0.717, 1.165) is 25.2 Å². The Morgan fingerprint density at radius 1 is 1.16 bits per heavy atom. The van der Waals surface area contributed by atoms with Crippen molar-refractivity contribution in [3.8, 4) is 0 Å². The number of benzene rings is 2. The SMILES string of the molecule is C[C@H]1CCCN(c2ccc(NC(=O)c3ccccc3)c(C(=O)O)c2)C1. The molecule has 3 rings (SSSR count). The average Bonchev–Trinajstić information content (AvgIpc) is 2.62. The molecule has 5 nitrogen and oxygen atoms in total. The lowest BCUT2D eigenvalue weighted by Crippen LogP contribution is -2.34. The lowest BCUT2D eigenvalue weighted by molar-refractivity contribution is 0.0698. The first-order chi connectivity index (χ1) is 12.0. The molecule has 1 amide bonds. The number of anilines is 2. The Kier molecular flexibility index (Phi) is 5.03. The Labute approximate surface area is 147 Å². The molecule has 2 aromatic carbocycles. The van der Waals surface area contributed by atoms with E-state index in [9.17, 15) is 14.7 Å². The van der Waals surface area contributed by atoms with E-state index in [1.807, 2.05) is 12.1 Å². The van der Waals surface area contributed by atoms with Gasteiger partial charge in [-0.3, -0.25) is 4.79 Å². The number of carboxylic acids is 1. The van der Waals surface area contributed by atoms with Crippen LogP contribution in [0.5, 0.6) is 0 Å². The third-order valence-corrected chi connectivity index (χ3v) is 4.54. The number of nitrogens with one attached hydrogen (secondary N) is 1. The third kappa shape index (κ3) is 3.99. The molecule has 1 atom stereocenters. The summed E-state index contributed by atoms with van der Waals surface area (Å²) in [5.41, 5.74) is 1.81. The monoisotopic (exact) mass is 338 g/mol. The van der Waals surface area contributed by atoms with Crippen LogP contribution in [0.1, 0.15) is 40.5 Å². The largest absolute Gasteiger partial charge is 0.478 e. The highest BCUT2D eigenvalue weighted by Crippen LogP contribution is 2.27. The minimum atomic E-state index is -1.05. The van der Waals surface area contributed by atoms with Crippen molar-refractivity contribution in [3.05, 3.63) is 59.7 Å². The van der Waals surface area contributed by atoms with Gasteiger partial charge in [0.2, 0.25) is 0 Å². The van der Waals surface area contributed by atoms with Gasteiger partial charge in [0.05, 0.1) is 11.3 Å². The van der Waals surface area contributed by atoms with E-state index >= 15 is 0 Å². The maximum atomic E-state index is 12.3. The van der Waals surface area contributed by atoms with E-state index in [4.69, 9.17) is 0 Å². The van der Waals surface area contributed by atoms with Crippen LogP contribution in [0.15, 0.2) is 48.5 Å². The fourth-order valence-electron chi connectivity index (χ4n) is 3.22. The minimum absolute atomic E-state index is 0.111. The second-order valence-electron chi connectivity index (χ2n) is 6.55. The first-order valence-corrected chi connectivity index (χ1v) is 8.53.